The summed E-state index contributed by atoms with van der Waals surface area (Å²) in [5.74, 6) is 0.0258. The number of carbonyl (C=O) groups is 1. The molecule has 2 aromatic carbocycles. The van der Waals surface area contributed by atoms with E-state index >= 15 is 0 Å². The highest BCUT2D eigenvalue weighted by Crippen LogP contribution is 2.46. The first kappa shape index (κ1) is 13.6. The van der Waals surface area contributed by atoms with Crippen LogP contribution in [0.1, 0.15) is 28.4 Å². The van der Waals surface area contributed by atoms with Crippen molar-refractivity contribution in [3.63, 3.8) is 0 Å². The molecule has 4 heteroatoms. The summed E-state index contributed by atoms with van der Waals surface area (Å²) in [6.07, 6.45) is 0. The number of aromatic hydroxyl groups is 1. The molecule has 0 bridgehead atoms. The number of hydrogen-bond donors (Lipinski definition) is 2. The maximum absolute atomic E-state index is 12.6. The van der Waals surface area contributed by atoms with Crippen LogP contribution in [0.2, 0.25) is 0 Å². The number of para-hydroxylation sites is 1. The van der Waals surface area contributed by atoms with Crippen LogP contribution in [0.4, 0.5) is 0 Å². The number of hydrogen-bond acceptors (Lipinski definition) is 3. The van der Waals surface area contributed by atoms with Gasteiger partial charge in [0.05, 0.1) is 12.1 Å². The van der Waals surface area contributed by atoms with E-state index in [1.807, 2.05) is 37.3 Å². The standard InChI is InChI=1S/C17H17NO3/c1-17(14-8-4-5-9-15(14)20)13-7-3-2-6-12(13)16(21)18(17)10-11-19/h2-9,19-20H,10-11H2,1H3. The van der Waals surface area contributed by atoms with Gasteiger partial charge in [-0.3, -0.25) is 4.79 Å². The van der Waals surface area contributed by atoms with Gasteiger partial charge in [-0.25, -0.2) is 0 Å². The Morgan fingerprint density at radius 2 is 1.67 bits per heavy atom. The van der Waals surface area contributed by atoms with Gasteiger partial charge in [-0.05, 0) is 24.6 Å². The van der Waals surface area contributed by atoms with Crippen LogP contribution in [0.15, 0.2) is 48.5 Å². The second-order valence-electron chi connectivity index (χ2n) is 5.32. The molecule has 0 fully saturated rings. The molecule has 0 spiro atoms. The van der Waals surface area contributed by atoms with Crippen molar-refractivity contribution in [3.8, 4) is 5.75 Å². The van der Waals surface area contributed by atoms with E-state index in [1.165, 1.54) is 0 Å². The minimum absolute atomic E-state index is 0.120. The lowest BCUT2D eigenvalue weighted by Crippen LogP contribution is -2.44. The van der Waals surface area contributed by atoms with E-state index in [0.29, 0.717) is 11.1 Å². The number of phenols is 1. The van der Waals surface area contributed by atoms with Crippen molar-refractivity contribution in [3.05, 3.63) is 65.2 Å². The topological polar surface area (TPSA) is 60.8 Å². The lowest BCUT2D eigenvalue weighted by Gasteiger charge is -2.36. The molecule has 1 aliphatic rings. The van der Waals surface area contributed by atoms with Gasteiger partial charge >= 0.3 is 0 Å². The first-order chi connectivity index (χ1) is 10.1. The number of nitrogens with zero attached hydrogens (tertiary/aromatic N) is 1. The van der Waals surface area contributed by atoms with E-state index in [4.69, 9.17) is 0 Å². The van der Waals surface area contributed by atoms with Crippen molar-refractivity contribution in [1.82, 2.24) is 4.90 Å². The highest BCUT2D eigenvalue weighted by atomic mass is 16.3. The molecule has 0 saturated heterocycles. The van der Waals surface area contributed by atoms with Gasteiger partial charge in [-0.15, -0.1) is 0 Å². The van der Waals surface area contributed by atoms with Gasteiger partial charge in [0, 0.05) is 17.7 Å². The highest BCUT2D eigenvalue weighted by molar-refractivity contribution is 6.00. The summed E-state index contributed by atoms with van der Waals surface area (Å²) >= 11 is 0. The Kier molecular flexibility index (Phi) is 3.18. The number of amides is 1. The van der Waals surface area contributed by atoms with Crippen molar-refractivity contribution in [2.45, 2.75) is 12.5 Å². The van der Waals surface area contributed by atoms with E-state index in [2.05, 4.69) is 0 Å². The molecule has 2 aromatic rings. The molecule has 0 saturated carbocycles. The van der Waals surface area contributed by atoms with Gasteiger partial charge < -0.3 is 15.1 Å². The zero-order chi connectivity index (χ0) is 15.0. The van der Waals surface area contributed by atoms with Crippen molar-refractivity contribution in [2.75, 3.05) is 13.2 Å². The Balaban J connectivity index is 2.27. The molecule has 0 radical (unpaired) electrons. The minimum atomic E-state index is -0.776. The highest BCUT2D eigenvalue weighted by Gasteiger charge is 2.47. The molecule has 3 rings (SSSR count). The van der Waals surface area contributed by atoms with E-state index in [1.54, 1.807) is 23.1 Å². The van der Waals surface area contributed by atoms with Crippen LogP contribution in [-0.4, -0.2) is 34.2 Å². The molecule has 108 valence electrons. The summed E-state index contributed by atoms with van der Waals surface area (Å²) in [5.41, 5.74) is 1.36. The maximum Gasteiger partial charge on any atom is 0.255 e. The number of rotatable bonds is 3. The molecule has 1 heterocycles. The summed E-state index contributed by atoms with van der Waals surface area (Å²) in [4.78, 5) is 14.2. The number of β-amino-alcohol motifs (C(OH)–C–C–N with tert-alkyl or cyclic N) is 1. The van der Waals surface area contributed by atoms with Crippen LogP contribution >= 0.6 is 0 Å². The smallest absolute Gasteiger partial charge is 0.255 e. The lowest BCUT2D eigenvalue weighted by atomic mass is 9.84. The van der Waals surface area contributed by atoms with Gasteiger partial charge in [-0.2, -0.15) is 0 Å². The van der Waals surface area contributed by atoms with Crippen LogP contribution in [0, 0.1) is 0 Å². The predicted octanol–water partition coefficient (Wildman–Crippen LogP) is 2.10. The van der Waals surface area contributed by atoms with E-state index in [-0.39, 0.29) is 24.8 Å². The zero-order valence-electron chi connectivity index (χ0n) is 11.8. The second-order valence-corrected chi connectivity index (χ2v) is 5.32. The largest absolute Gasteiger partial charge is 0.508 e. The number of aliphatic hydroxyl groups excluding tert-OH is 1. The molecule has 1 aliphatic heterocycles. The molecule has 0 aliphatic carbocycles. The fraction of sp³-hybridized carbons (Fsp3) is 0.235. The summed E-state index contributed by atoms with van der Waals surface area (Å²) in [6, 6.07) is 14.4. The summed E-state index contributed by atoms with van der Waals surface area (Å²) in [6.45, 7) is 2.00. The fourth-order valence-corrected chi connectivity index (χ4v) is 3.19. The monoisotopic (exact) mass is 283 g/mol. The molecular weight excluding hydrogens is 266 g/mol. The molecule has 1 amide bonds. The van der Waals surface area contributed by atoms with E-state index in [0.717, 1.165) is 5.56 Å². The van der Waals surface area contributed by atoms with Crippen LogP contribution in [0.25, 0.3) is 0 Å². The van der Waals surface area contributed by atoms with Crippen molar-refractivity contribution in [1.29, 1.82) is 0 Å². The number of aliphatic hydroxyl groups is 1. The van der Waals surface area contributed by atoms with Crippen LogP contribution in [0.3, 0.4) is 0 Å². The third kappa shape index (κ3) is 1.83. The third-order valence-electron chi connectivity index (χ3n) is 4.22. The van der Waals surface area contributed by atoms with E-state index in [9.17, 15) is 15.0 Å². The first-order valence-corrected chi connectivity index (χ1v) is 6.91. The Morgan fingerprint density at radius 1 is 1.05 bits per heavy atom. The van der Waals surface area contributed by atoms with E-state index < -0.39 is 5.54 Å². The van der Waals surface area contributed by atoms with Gasteiger partial charge in [0.1, 0.15) is 5.75 Å². The van der Waals surface area contributed by atoms with Gasteiger partial charge in [0.25, 0.3) is 5.91 Å². The van der Waals surface area contributed by atoms with Crippen molar-refractivity contribution in [2.24, 2.45) is 0 Å². The Morgan fingerprint density at radius 3 is 2.33 bits per heavy atom. The Bertz CT molecular complexity index is 698. The van der Waals surface area contributed by atoms with Gasteiger partial charge in [-0.1, -0.05) is 36.4 Å². The zero-order valence-corrected chi connectivity index (χ0v) is 11.8. The minimum Gasteiger partial charge on any atom is -0.508 e. The molecule has 1 atom stereocenters. The summed E-state index contributed by atoms with van der Waals surface area (Å²) < 4.78 is 0. The molecular formula is C17H17NO3. The molecule has 21 heavy (non-hydrogen) atoms. The van der Waals surface area contributed by atoms with Gasteiger partial charge in [0.2, 0.25) is 0 Å². The molecule has 4 nitrogen and oxygen atoms in total. The fourth-order valence-electron chi connectivity index (χ4n) is 3.19. The Labute approximate surface area is 123 Å². The van der Waals surface area contributed by atoms with Crippen LogP contribution in [0.5, 0.6) is 5.75 Å². The SMILES string of the molecule is CC1(c2ccccc2O)c2ccccc2C(=O)N1CCO. The first-order valence-electron chi connectivity index (χ1n) is 6.91. The molecule has 0 aromatic heterocycles. The predicted molar refractivity (Wildman–Crippen MR) is 79.1 cm³/mol. The number of fused-ring (bicyclic) bond motifs is 1. The summed E-state index contributed by atoms with van der Waals surface area (Å²) in [7, 11) is 0. The number of carbonyl (C=O) groups excluding carboxylic acids is 1. The summed E-state index contributed by atoms with van der Waals surface area (Å²) in [5, 5.41) is 19.5. The number of benzene rings is 2. The van der Waals surface area contributed by atoms with Crippen molar-refractivity contribution >= 4 is 5.91 Å². The second kappa shape index (κ2) is 4.90. The van der Waals surface area contributed by atoms with Crippen molar-refractivity contribution < 1.29 is 15.0 Å². The Hall–Kier alpha value is -2.33. The quantitative estimate of drug-likeness (QED) is 0.907. The third-order valence-corrected chi connectivity index (χ3v) is 4.22. The lowest BCUT2D eigenvalue weighted by molar-refractivity contribution is 0.0595. The maximum atomic E-state index is 12.6. The van der Waals surface area contributed by atoms with Crippen LogP contribution in [-0.2, 0) is 5.54 Å². The number of phenolic OH excluding ortho intramolecular Hbond substituents is 1. The normalized spacial score (nSPS) is 20.7. The van der Waals surface area contributed by atoms with Gasteiger partial charge in [0.15, 0.2) is 0 Å². The molecule has 2 N–H and O–H groups in total. The average molecular weight is 283 g/mol. The van der Waals surface area contributed by atoms with Crippen LogP contribution < -0.4 is 0 Å². The average Bonchev–Trinajstić information content (AvgIpc) is 2.72. The molecule has 1 unspecified atom stereocenters.